The summed E-state index contributed by atoms with van der Waals surface area (Å²) in [7, 11) is -4.24. The molecular weight excluding hydrogens is 490 g/mol. The third kappa shape index (κ3) is 5.03. The van der Waals surface area contributed by atoms with Gasteiger partial charge < -0.3 is 4.74 Å². The first-order valence-electron chi connectivity index (χ1n) is 11.2. The van der Waals surface area contributed by atoms with Crippen molar-refractivity contribution in [1.29, 1.82) is 0 Å². The van der Waals surface area contributed by atoms with E-state index in [9.17, 15) is 17.2 Å². The smallest absolute Gasteiger partial charge is 0.188 e. The molecule has 2 aromatic carbocycles. The lowest BCUT2D eigenvalue weighted by molar-refractivity contribution is 0.0853. The van der Waals surface area contributed by atoms with E-state index in [2.05, 4.69) is 4.98 Å². The van der Waals surface area contributed by atoms with Crippen LogP contribution >= 0.6 is 11.3 Å². The van der Waals surface area contributed by atoms with Gasteiger partial charge in [-0.3, -0.25) is 4.98 Å². The molecule has 0 atom stereocenters. The molecule has 0 N–H and O–H groups in total. The molecule has 4 aromatic rings. The Kier molecular flexibility index (Phi) is 6.73. The van der Waals surface area contributed by atoms with E-state index >= 15 is 0 Å². The van der Waals surface area contributed by atoms with Gasteiger partial charge in [-0.05, 0) is 54.3 Å². The summed E-state index contributed by atoms with van der Waals surface area (Å²) in [6, 6.07) is 13.8. The van der Waals surface area contributed by atoms with Gasteiger partial charge in [-0.15, -0.1) is 11.3 Å². The van der Waals surface area contributed by atoms with E-state index in [0.29, 0.717) is 24.7 Å². The monoisotopic (exact) mass is 512 g/mol. The summed E-state index contributed by atoms with van der Waals surface area (Å²) >= 11 is 1.62. The lowest BCUT2D eigenvalue weighted by Gasteiger charge is -2.19. The highest BCUT2D eigenvalue weighted by atomic mass is 32.2. The molecule has 0 bridgehead atoms. The molecule has 1 fully saturated rings. The largest absolute Gasteiger partial charge is 0.381 e. The van der Waals surface area contributed by atoms with Crippen molar-refractivity contribution in [1.82, 2.24) is 9.97 Å². The van der Waals surface area contributed by atoms with Crippen LogP contribution in [0.2, 0.25) is 0 Å². The average molecular weight is 513 g/mol. The van der Waals surface area contributed by atoms with Crippen molar-refractivity contribution in [2.45, 2.75) is 29.4 Å². The molecule has 1 saturated heterocycles. The molecule has 0 unspecified atom stereocenters. The molecule has 0 aliphatic carbocycles. The van der Waals surface area contributed by atoms with Gasteiger partial charge in [0.1, 0.15) is 16.5 Å². The number of nitrogens with zero attached hydrogens (tertiary/aromatic N) is 2. The molecule has 35 heavy (non-hydrogen) atoms. The normalized spacial score (nSPS) is 14.8. The zero-order valence-corrected chi connectivity index (χ0v) is 20.3. The van der Waals surface area contributed by atoms with E-state index in [1.807, 2.05) is 18.2 Å². The Bertz CT molecular complexity index is 1430. The van der Waals surface area contributed by atoms with Gasteiger partial charge in [0.2, 0.25) is 0 Å². The number of halogens is 2. The molecule has 3 heterocycles. The van der Waals surface area contributed by atoms with Crippen molar-refractivity contribution in [2.24, 2.45) is 0 Å². The van der Waals surface area contributed by atoms with Crippen molar-refractivity contribution < 1.29 is 21.9 Å². The summed E-state index contributed by atoms with van der Waals surface area (Å²) in [4.78, 5) is 9.15. The van der Waals surface area contributed by atoms with E-state index in [0.717, 1.165) is 57.7 Å². The minimum atomic E-state index is -4.24. The quantitative estimate of drug-likeness (QED) is 0.316. The van der Waals surface area contributed by atoms with Crippen molar-refractivity contribution in [3.63, 3.8) is 0 Å². The van der Waals surface area contributed by atoms with Crippen LogP contribution in [0.25, 0.3) is 21.7 Å². The highest BCUT2D eigenvalue weighted by molar-refractivity contribution is 7.90. The standard InChI is InChI=1S/C26H22F2N2O3S2/c27-21-5-2-6-22(28)25(21)35(31,32)16-17-3-1-4-20(15-17)23-24(18-7-11-29-12-8-18)34-26(30-23)19-9-13-33-14-10-19/h1-8,11-12,15,19H,9-10,13-14,16H2. The summed E-state index contributed by atoms with van der Waals surface area (Å²) in [6.07, 6.45) is 5.24. The number of pyridine rings is 1. The van der Waals surface area contributed by atoms with Gasteiger partial charge in [-0.1, -0.05) is 24.3 Å². The summed E-state index contributed by atoms with van der Waals surface area (Å²) in [5.74, 6) is -2.42. The van der Waals surface area contributed by atoms with Crippen molar-refractivity contribution in [3.05, 3.63) is 89.2 Å². The number of sulfone groups is 1. The molecule has 180 valence electrons. The second kappa shape index (κ2) is 9.93. The minimum absolute atomic E-state index is 0.302. The van der Waals surface area contributed by atoms with Crippen LogP contribution < -0.4 is 0 Å². The lowest BCUT2D eigenvalue weighted by atomic mass is 10.0. The first-order chi connectivity index (χ1) is 16.9. The van der Waals surface area contributed by atoms with E-state index < -0.39 is 32.1 Å². The van der Waals surface area contributed by atoms with Gasteiger partial charge in [0.25, 0.3) is 0 Å². The van der Waals surface area contributed by atoms with Crippen molar-refractivity contribution in [3.8, 4) is 21.7 Å². The molecule has 5 rings (SSSR count). The van der Waals surface area contributed by atoms with Gasteiger partial charge in [-0.25, -0.2) is 22.2 Å². The number of aromatic nitrogens is 2. The zero-order valence-electron chi connectivity index (χ0n) is 18.7. The molecule has 0 amide bonds. The van der Waals surface area contributed by atoms with Crippen LogP contribution in [0.1, 0.15) is 29.3 Å². The average Bonchev–Trinajstić information content (AvgIpc) is 3.30. The number of thiazole rings is 1. The molecule has 9 heteroatoms. The van der Waals surface area contributed by atoms with E-state index in [1.54, 1.807) is 41.9 Å². The summed E-state index contributed by atoms with van der Waals surface area (Å²) in [5, 5.41) is 1.02. The second-order valence-corrected chi connectivity index (χ2v) is 11.3. The highest BCUT2D eigenvalue weighted by Gasteiger charge is 2.26. The highest BCUT2D eigenvalue weighted by Crippen LogP contribution is 2.41. The van der Waals surface area contributed by atoms with Crippen LogP contribution in [-0.2, 0) is 20.3 Å². The van der Waals surface area contributed by atoms with Gasteiger partial charge in [-0.2, -0.15) is 0 Å². The van der Waals surface area contributed by atoms with Crippen LogP contribution in [0.15, 0.2) is 71.9 Å². The molecule has 1 aliphatic heterocycles. The van der Waals surface area contributed by atoms with E-state index in [-0.39, 0.29) is 0 Å². The predicted octanol–water partition coefficient (Wildman–Crippen LogP) is 6.02. The molecule has 0 radical (unpaired) electrons. The zero-order chi connectivity index (χ0) is 24.4. The Morgan fingerprint density at radius 1 is 0.943 bits per heavy atom. The maximum atomic E-state index is 14.2. The van der Waals surface area contributed by atoms with Crippen molar-refractivity contribution >= 4 is 21.2 Å². The summed E-state index contributed by atoms with van der Waals surface area (Å²) in [5.41, 5.74) is 2.88. The fraction of sp³-hybridized carbons (Fsp3) is 0.231. The van der Waals surface area contributed by atoms with Crippen LogP contribution in [0.4, 0.5) is 8.78 Å². The predicted molar refractivity (Wildman–Crippen MR) is 131 cm³/mol. The first kappa shape index (κ1) is 23.7. The maximum absolute atomic E-state index is 14.2. The van der Waals surface area contributed by atoms with Crippen LogP contribution in [0.5, 0.6) is 0 Å². The van der Waals surface area contributed by atoms with E-state index in [4.69, 9.17) is 9.72 Å². The molecule has 5 nitrogen and oxygen atoms in total. The van der Waals surface area contributed by atoms with Gasteiger partial charge in [0, 0.05) is 37.1 Å². The number of ether oxygens (including phenoxy) is 1. The molecule has 2 aromatic heterocycles. The SMILES string of the molecule is O=S(=O)(Cc1cccc(-c2nc(C3CCOCC3)sc2-c2ccncc2)c1)c1c(F)cccc1F. The van der Waals surface area contributed by atoms with Gasteiger partial charge in [0.05, 0.1) is 21.3 Å². The summed E-state index contributed by atoms with van der Waals surface area (Å²) < 4.78 is 59.6. The molecule has 0 spiro atoms. The Labute approximate surface area is 206 Å². The number of hydrogen-bond donors (Lipinski definition) is 0. The third-order valence-corrected chi connectivity index (χ3v) is 8.94. The molecule has 0 saturated carbocycles. The van der Waals surface area contributed by atoms with Gasteiger partial charge in [0.15, 0.2) is 9.84 Å². The minimum Gasteiger partial charge on any atom is -0.381 e. The Balaban J connectivity index is 1.54. The Morgan fingerprint density at radius 2 is 1.63 bits per heavy atom. The van der Waals surface area contributed by atoms with Crippen molar-refractivity contribution in [2.75, 3.05) is 13.2 Å². The third-order valence-electron chi connectivity index (χ3n) is 5.94. The maximum Gasteiger partial charge on any atom is 0.188 e. The Morgan fingerprint density at radius 3 is 2.34 bits per heavy atom. The Hall–Kier alpha value is -3.01. The second-order valence-electron chi connectivity index (χ2n) is 8.36. The van der Waals surface area contributed by atoms with Crippen LogP contribution in [-0.4, -0.2) is 31.6 Å². The molecular formula is C26H22F2N2O3S2. The fourth-order valence-electron chi connectivity index (χ4n) is 4.23. The molecule has 1 aliphatic rings. The van der Waals surface area contributed by atoms with Crippen LogP contribution in [0.3, 0.4) is 0 Å². The number of benzene rings is 2. The lowest BCUT2D eigenvalue weighted by Crippen LogP contribution is -2.13. The topological polar surface area (TPSA) is 69.2 Å². The van der Waals surface area contributed by atoms with Crippen LogP contribution in [0, 0.1) is 11.6 Å². The van der Waals surface area contributed by atoms with Gasteiger partial charge >= 0.3 is 0 Å². The van der Waals surface area contributed by atoms with E-state index in [1.165, 1.54) is 0 Å². The number of rotatable bonds is 6. The number of hydrogen-bond acceptors (Lipinski definition) is 6. The fourth-order valence-corrected chi connectivity index (χ4v) is 6.99. The first-order valence-corrected chi connectivity index (χ1v) is 13.6. The summed E-state index contributed by atoms with van der Waals surface area (Å²) in [6.45, 7) is 1.40.